The van der Waals surface area contributed by atoms with E-state index in [0.717, 1.165) is 22.5 Å². The summed E-state index contributed by atoms with van der Waals surface area (Å²) in [7, 11) is 0. The Labute approximate surface area is 169 Å². The summed E-state index contributed by atoms with van der Waals surface area (Å²) in [6.45, 7) is 0.467. The molecule has 1 saturated heterocycles. The lowest BCUT2D eigenvalue weighted by Gasteiger charge is -2.08. The Bertz CT molecular complexity index is 1060. The summed E-state index contributed by atoms with van der Waals surface area (Å²) in [4.78, 5) is 24.4. The molecule has 0 bridgehead atoms. The van der Waals surface area contributed by atoms with Gasteiger partial charge in [0.1, 0.15) is 17.7 Å². The number of amides is 1. The van der Waals surface area contributed by atoms with Crippen LogP contribution in [0.4, 0.5) is 5.13 Å². The predicted molar refractivity (Wildman–Crippen MR) is 105 cm³/mol. The monoisotopic (exact) mass is 417 g/mol. The smallest absolute Gasteiger partial charge is 0.267 e. The molecule has 1 aromatic carbocycles. The van der Waals surface area contributed by atoms with Crippen LogP contribution in [0.1, 0.15) is 24.0 Å². The summed E-state index contributed by atoms with van der Waals surface area (Å²) < 4.78 is 6.66. The number of anilines is 1. The van der Waals surface area contributed by atoms with Gasteiger partial charge in [0.2, 0.25) is 11.0 Å². The molecule has 8 nitrogen and oxygen atoms in total. The molecule has 3 aromatic rings. The molecule has 28 heavy (non-hydrogen) atoms. The average Bonchev–Trinajstić information content (AvgIpc) is 3.36. The normalized spacial score (nSPS) is 16.2. The van der Waals surface area contributed by atoms with E-state index in [-0.39, 0.29) is 18.2 Å². The lowest BCUT2D eigenvalue weighted by Crippen LogP contribution is -2.29. The SMILES string of the molecule is O=C(Cn1nc(-c2ccccc2Cl)ccc1=O)Nc1nnc([C@H]2CCCO2)s1. The maximum atomic E-state index is 12.4. The molecular weight excluding hydrogens is 402 g/mol. The fourth-order valence-electron chi connectivity index (χ4n) is 2.86. The van der Waals surface area contributed by atoms with Gasteiger partial charge in [-0.3, -0.25) is 14.9 Å². The van der Waals surface area contributed by atoms with Crippen molar-refractivity contribution in [3.63, 3.8) is 0 Å². The minimum absolute atomic E-state index is 0.0558. The highest BCUT2D eigenvalue weighted by molar-refractivity contribution is 7.15. The number of benzene rings is 1. The van der Waals surface area contributed by atoms with E-state index in [1.165, 1.54) is 17.4 Å². The van der Waals surface area contributed by atoms with Gasteiger partial charge in [-0.25, -0.2) is 4.68 Å². The van der Waals surface area contributed by atoms with E-state index in [1.54, 1.807) is 18.2 Å². The molecule has 1 aliphatic heterocycles. The van der Waals surface area contributed by atoms with Gasteiger partial charge in [0.05, 0.1) is 10.7 Å². The zero-order chi connectivity index (χ0) is 19.5. The summed E-state index contributed by atoms with van der Waals surface area (Å²) in [6.07, 6.45) is 1.83. The standard InChI is InChI=1S/C18H16ClN5O3S/c19-12-5-2-1-4-11(12)13-7-8-16(26)24(23-13)10-15(25)20-18-22-21-17(28-18)14-6-3-9-27-14/h1-2,4-5,7-8,14H,3,6,9-10H2,(H,20,22,25)/t14-/m1/s1. The highest BCUT2D eigenvalue weighted by atomic mass is 35.5. The van der Waals surface area contributed by atoms with Gasteiger partial charge in [-0.15, -0.1) is 10.2 Å². The number of aromatic nitrogens is 4. The Hall–Kier alpha value is -2.62. The summed E-state index contributed by atoms with van der Waals surface area (Å²) in [6, 6.07) is 10.1. The van der Waals surface area contributed by atoms with Crippen LogP contribution in [-0.2, 0) is 16.1 Å². The lowest BCUT2D eigenvalue weighted by molar-refractivity contribution is -0.117. The number of halogens is 1. The van der Waals surface area contributed by atoms with Crippen LogP contribution < -0.4 is 10.9 Å². The number of carbonyl (C=O) groups is 1. The minimum atomic E-state index is -0.416. The van der Waals surface area contributed by atoms with Crippen LogP contribution in [0.3, 0.4) is 0 Å². The third-order valence-corrected chi connectivity index (χ3v) is 5.46. The van der Waals surface area contributed by atoms with Gasteiger partial charge in [0.25, 0.3) is 5.56 Å². The maximum Gasteiger partial charge on any atom is 0.267 e. The van der Waals surface area contributed by atoms with Gasteiger partial charge in [0.15, 0.2) is 0 Å². The Morgan fingerprint density at radius 2 is 2.14 bits per heavy atom. The van der Waals surface area contributed by atoms with E-state index in [9.17, 15) is 9.59 Å². The maximum absolute atomic E-state index is 12.4. The highest BCUT2D eigenvalue weighted by Gasteiger charge is 2.22. The van der Waals surface area contributed by atoms with E-state index in [0.29, 0.717) is 28.0 Å². The average molecular weight is 418 g/mol. The van der Waals surface area contributed by atoms with E-state index in [4.69, 9.17) is 16.3 Å². The molecule has 0 saturated carbocycles. The first-order valence-electron chi connectivity index (χ1n) is 8.68. The fraction of sp³-hybridized carbons (Fsp3) is 0.278. The van der Waals surface area contributed by atoms with Gasteiger partial charge < -0.3 is 4.74 Å². The second-order valence-corrected chi connectivity index (χ2v) is 7.61. The molecule has 1 aliphatic rings. The Balaban J connectivity index is 1.48. The number of hydrogen-bond acceptors (Lipinski definition) is 7. The number of nitrogens with zero attached hydrogens (tertiary/aromatic N) is 4. The van der Waals surface area contributed by atoms with Crippen molar-refractivity contribution in [3.05, 3.63) is 56.8 Å². The number of ether oxygens (including phenoxy) is 1. The third-order valence-electron chi connectivity index (χ3n) is 4.20. The van der Waals surface area contributed by atoms with Crippen molar-refractivity contribution < 1.29 is 9.53 Å². The molecule has 144 valence electrons. The predicted octanol–water partition coefficient (Wildman–Crippen LogP) is 2.91. The zero-order valence-corrected chi connectivity index (χ0v) is 16.2. The molecule has 4 rings (SSSR count). The number of hydrogen-bond donors (Lipinski definition) is 1. The Kier molecular flexibility index (Phi) is 5.47. The van der Waals surface area contributed by atoms with Crippen LogP contribution in [0.25, 0.3) is 11.3 Å². The molecule has 3 heterocycles. The van der Waals surface area contributed by atoms with Crippen molar-refractivity contribution >= 4 is 34.0 Å². The molecular formula is C18H16ClN5O3S. The van der Waals surface area contributed by atoms with Crippen molar-refractivity contribution in [2.75, 3.05) is 11.9 Å². The van der Waals surface area contributed by atoms with Gasteiger partial charge >= 0.3 is 0 Å². The lowest BCUT2D eigenvalue weighted by atomic mass is 10.1. The Morgan fingerprint density at radius 1 is 1.29 bits per heavy atom. The van der Waals surface area contributed by atoms with Crippen molar-refractivity contribution in [2.24, 2.45) is 0 Å². The van der Waals surface area contributed by atoms with Gasteiger partial charge in [0, 0.05) is 18.2 Å². The largest absolute Gasteiger partial charge is 0.371 e. The van der Waals surface area contributed by atoms with Crippen LogP contribution in [0.5, 0.6) is 0 Å². The van der Waals surface area contributed by atoms with Crippen LogP contribution in [0.2, 0.25) is 5.02 Å². The van der Waals surface area contributed by atoms with Crippen molar-refractivity contribution in [1.29, 1.82) is 0 Å². The summed E-state index contributed by atoms with van der Waals surface area (Å²) in [5.74, 6) is -0.416. The van der Waals surface area contributed by atoms with E-state index in [2.05, 4.69) is 20.6 Å². The molecule has 1 atom stereocenters. The first-order chi connectivity index (χ1) is 13.6. The second kappa shape index (κ2) is 8.17. The first kappa shape index (κ1) is 18.7. The van der Waals surface area contributed by atoms with Crippen molar-refractivity contribution in [2.45, 2.75) is 25.5 Å². The minimum Gasteiger partial charge on any atom is -0.371 e. The zero-order valence-electron chi connectivity index (χ0n) is 14.7. The molecule has 0 spiro atoms. The molecule has 0 aliphatic carbocycles. The highest BCUT2D eigenvalue weighted by Crippen LogP contribution is 2.31. The molecule has 1 amide bonds. The summed E-state index contributed by atoms with van der Waals surface area (Å²) in [5, 5.41) is 16.6. The molecule has 0 unspecified atom stereocenters. The number of nitrogens with one attached hydrogen (secondary N) is 1. The first-order valence-corrected chi connectivity index (χ1v) is 9.87. The second-order valence-electron chi connectivity index (χ2n) is 6.19. The van der Waals surface area contributed by atoms with Crippen LogP contribution in [-0.4, -0.2) is 32.5 Å². The molecule has 10 heteroatoms. The van der Waals surface area contributed by atoms with E-state index < -0.39 is 5.91 Å². The van der Waals surface area contributed by atoms with Crippen LogP contribution in [0, 0.1) is 0 Å². The van der Waals surface area contributed by atoms with Crippen LogP contribution >= 0.6 is 22.9 Å². The van der Waals surface area contributed by atoms with Crippen LogP contribution in [0.15, 0.2) is 41.2 Å². The third kappa shape index (κ3) is 4.11. The molecule has 1 N–H and O–H groups in total. The van der Waals surface area contributed by atoms with E-state index >= 15 is 0 Å². The Morgan fingerprint density at radius 3 is 2.93 bits per heavy atom. The molecule has 2 aromatic heterocycles. The topological polar surface area (TPSA) is 99.0 Å². The van der Waals surface area contributed by atoms with Gasteiger partial charge in [-0.1, -0.05) is 41.1 Å². The number of carbonyl (C=O) groups excluding carboxylic acids is 1. The molecule has 1 fully saturated rings. The van der Waals surface area contributed by atoms with Crippen molar-refractivity contribution in [1.82, 2.24) is 20.0 Å². The number of rotatable bonds is 5. The fourth-order valence-corrected chi connectivity index (χ4v) is 3.93. The van der Waals surface area contributed by atoms with Gasteiger partial charge in [-0.05, 0) is 25.0 Å². The van der Waals surface area contributed by atoms with Crippen molar-refractivity contribution in [3.8, 4) is 11.3 Å². The van der Waals surface area contributed by atoms with E-state index in [1.807, 2.05) is 12.1 Å². The van der Waals surface area contributed by atoms with Gasteiger partial charge in [-0.2, -0.15) is 5.10 Å². The molecule has 0 radical (unpaired) electrons. The summed E-state index contributed by atoms with van der Waals surface area (Å²) >= 11 is 7.46. The quantitative estimate of drug-likeness (QED) is 0.685. The summed E-state index contributed by atoms with van der Waals surface area (Å²) in [5.41, 5.74) is 0.807.